The smallest absolute Gasteiger partial charge is 0.0749 e. The fourth-order valence-electron chi connectivity index (χ4n) is 2.41. The van der Waals surface area contributed by atoms with Gasteiger partial charge in [0.2, 0.25) is 0 Å². The second kappa shape index (κ2) is 6.29. The molecule has 0 saturated heterocycles. The van der Waals surface area contributed by atoms with Crippen LogP contribution in [-0.2, 0) is 0 Å². The van der Waals surface area contributed by atoms with Gasteiger partial charge in [0.05, 0.1) is 5.52 Å². The second-order valence-corrected chi connectivity index (χ2v) is 6.25. The molecule has 2 nitrogen and oxygen atoms in total. The van der Waals surface area contributed by atoms with E-state index in [4.69, 9.17) is 5.73 Å². The maximum absolute atomic E-state index is 6.39. The summed E-state index contributed by atoms with van der Waals surface area (Å²) in [7, 11) is 0. The molecular formula is C18H18N2S. The minimum absolute atomic E-state index is 0.0193. The third-order valence-electron chi connectivity index (χ3n) is 3.48. The van der Waals surface area contributed by atoms with Crippen LogP contribution >= 0.6 is 11.8 Å². The molecule has 3 aromatic rings. The van der Waals surface area contributed by atoms with Crippen molar-refractivity contribution in [1.82, 2.24) is 4.98 Å². The topological polar surface area (TPSA) is 38.9 Å². The van der Waals surface area contributed by atoms with Crippen LogP contribution < -0.4 is 5.73 Å². The van der Waals surface area contributed by atoms with E-state index < -0.39 is 0 Å². The summed E-state index contributed by atoms with van der Waals surface area (Å²) in [6.07, 6.45) is 1.83. The predicted molar refractivity (Wildman–Crippen MR) is 90.6 cm³/mol. The highest BCUT2D eigenvalue weighted by Crippen LogP contribution is 2.27. The Kier molecular flexibility index (Phi) is 4.23. The lowest BCUT2D eigenvalue weighted by Crippen LogP contribution is -2.13. The number of pyridine rings is 1. The first-order valence-electron chi connectivity index (χ1n) is 7.03. The van der Waals surface area contributed by atoms with Gasteiger partial charge >= 0.3 is 0 Å². The number of hydrogen-bond donors (Lipinski definition) is 1. The molecular weight excluding hydrogens is 276 g/mol. The summed E-state index contributed by atoms with van der Waals surface area (Å²) in [5.41, 5.74) is 9.79. The van der Waals surface area contributed by atoms with Crippen LogP contribution in [0.25, 0.3) is 10.9 Å². The van der Waals surface area contributed by atoms with Gasteiger partial charge in [-0.2, -0.15) is 0 Å². The van der Waals surface area contributed by atoms with Crippen LogP contribution in [0, 0.1) is 6.92 Å². The Hall–Kier alpha value is -1.84. The van der Waals surface area contributed by atoms with E-state index in [1.807, 2.05) is 12.3 Å². The average Bonchev–Trinajstić information content (AvgIpc) is 2.52. The highest BCUT2D eigenvalue weighted by molar-refractivity contribution is 7.99. The van der Waals surface area contributed by atoms with Gasteiger partial charge in [0.25, 0.3) is 0 Å². The van der Waals surface area contributed by atoms with Crippen molar-refractivity contribution < 1.29 is 0 Å². The number of rotatable bonds is 4. The van der Waals surface area contributed by atoms with Gasteiger partial charge in [-0.1, -0.05) is 42.0 Å². The summed E-state index contributed by atoms with van der Waals surface area (Å²) in [5, 5.41) is 1.14. The van der Waals surface area contributed by atoms with E-state index in [1.165, 1.54) is 10.5 Å². The van der Waals surface area contributed by atoms with Crippen molar-refractivity contribution in [1.29, 1.82) is 0 Å². The summed E-state index contributed by atoms with van der Waals surface area (Å²) in [6.45, 7) is 2.11. The molecule has 0 amide bonds. The Morgan fingerprint density at radius 1 is 1.10 bits per heavy atom. The fourth-order valence-corrected chi connectivity index (χ4v) is 3.40. The molecule has 3 heteroatoms. The monoisotopic (exact) mass is 294 g/mol. The first kappa shape index (κ1) is 14.1. The molecule has 0 radical (unpaired) electrons. The first-order chi connectivity index (χ1) is 10.2. The maximum Gasteiger partial charge on any atom is 0.0749 e. The molecule has 0 aliphatic carbocycles. The minimum atomic E-state index is -0.0193. The highest BCUT2D eigenvalue weighted by atomic mass is 32.2. The Morgan fingerprint density at radius 3 is 2.76 bits per heavy atom. The fraction of sp³-hybridized carbons (Fsp3) is 0.167. The molecule has 2 aromatic carbocycles. The van der Waals surface area contributed by atoms with E-state index >= 15 is 0 Å². The number of fused-ring (bicyclic) bond motifs is 1. The van der Waals surface area contributed by atoms with E-state index in [1.54, 1.807) is 11.8 Å². The highest BCUT2D eigenvalue weighted by Gasteiger charge is 2.11. The van der Waals surface area contributed by atoms with Gasteiger partial charge in [-0.05, 0) is 30.7 Å². The lowest BCUT2D eigenvalue weighted by Gasteiger charge is -2.14. The molecule has 0 fully saturated rings. The predicted octanol–water partition coefficient (Wildman–Crippen LogP) is 4.34. The zero-order valence-corrected chi connectivity index (χ0v) is 12.8. The van der Waals surface area contributed by atoms with Crippen LogP contribution in [0.3, 0.4) is 0 Å². The lowest BCUT2D eigenvalue weighted by atomic mass is 10.0. The van der Waals surface area contributed by atoms with Gasteiger partial charge in [0, 0.05) is 28.3 Å². The average molecular weight is 294 g/mol. The number of thioether (sulfide) groups is 1. The van der Waals surface area contributed by atoms with Crippen molar-refractivity contribution in [3.8, 4) is 0 Å². The summed E-state index contributed by atoms with van der Waals surface area (Å²) in [6, 6.07) is 18.7. The Labute approximate surface area is 129 Å². The molecule has 0 aliphatic heterocycles. The van der Waals surface area contributed by atoms with Crippen molar-refractivity contribution >= 4 is 22.7 Å². The van der Waals surface area contributed by atoms with Gasteiger partial charge in [-0.25, -0.2) is 0 Å². The largest absolute Gasteiger partial charge is 0.323 e. The van der Waals surface area contributed by atoms with Crippen molar-refractivity contribution in [3.05, 3.63) is 71.9 Å². The zero-order chi connectivity index (χ0) is 14.7. The molecule has 21 heavy (non-hydrogen) atoms. The summed E-state index contributed by atoms with van der Waals surface area (Å²) in [5.74, 6) is 0.846. The molecule has 106 valence electrons. The van der Waals surface area contributed by atoms with Crippen LogP contribution in [0.1, 0.15) is 17.2 Å². The molecule has 3 rings (SSSR count). The van der Waals surface area contributed by atoms with Crippen molar-refractivity contribution in [3.63, 3.8) is 0 Å². The number of nitrogens with zero attached hydrogens (tertiary/aromatic N) is 1. The van der Waals surface area contributed by atoms with E-state index in [-0.39, 0.29) is 6.04 Å². The summed E-state index contributed by atoms with van der Waals surface area (Å²) in [4.78, 5) is 5.74. The van der Waals surface area contributed by atoms with Crippen molar-refractivity contribution in [2.45, 2.75) is 17.9 Å². The second-order valence-electron chi connectivity index (χ2n) is 5.16. The zero-order valence-electron chi connectivity index (χ0n) is 12.0. The summed E-state index contributed by atoms with van der Waals surface area (Å²) < 4.78 is 0. The van der Waals surface area contributed by atoms with Crippen LogP contribution in [0.4, 0.5) is 0 Å². The molecule has 0 spiro atoms. The van der Waals surface area contributed by atoms with Gasteiger partial charge in [0.15, 0.2) is 0 Å². The summed E-state index contributed by atoms with van der Waals surface area (Å²) >= 11 is 1.79. The minimum Gasteiger partial charge on any atom is -0.323 e. The molecule has 0 bridgehead atoms. The molecule has 2 N–H and O–H groups in total. The van der Waals surface area contributed by atoms with E-state index in [2.05, 4.69) is 60.4 Å². The number of aryl methyl sites for hydroxylation is 1. The molecule has 1 aromatic heterocycles. The molecule has 1 unspecified atom stereocenters. The quantitative estimate of drug-likeness (QED) is 0.728. The standard InChI is InChI=1S/C18H18N2S/c1-13-5-2-8-15(11-13)21-12-17(19)16-9-3-6-14-7-4-10-20-18(14)16/h2-11,17H,12,19H2,1H3. The molecule has 1 heterocycles. The van der Waals surface area contributed by atoms with Crippen LogP contribution in [0.2, 0.25) is 0 Å². The Balaban J connectivity index is 1.79. The van der Waals surface area contributed by atoms with Crippen LogP contribution in [0.5, 0.6) is 0 Å². The first-order valence-corrected chi connectivity index (χ1v) is 8.01. The van der Waals surface area contributed by atoms with Crippen LogP contribution in [-0.4, -0.2) is 10.7 Å². The number of aromatic nitrogens is 1. The molecule has 0 saturated carbocycles. The normalized spacial score (nSPS) is 12.5. The molecule has 1 atom stereocenters. The number of para-hydroxylation sites is 1. The van der Waals surface area contributed by atoms with Crippen molar-refractivity contribution in [2.24, 2.45) is 5.73 Å². The van der Waals surface area contributed by atoms with Gasteiger partial charge in [-0.3, -0.25) is 4.98 Å². The van der Waals surface area contributed by atoms with E-state index in [0.717, 1.165) is 22.2 Å². The number of hydrogen-bond acceptors (Lipinski definition) is 3. The Bertz CT molecular complexity index is 750. The lowest BCUT2D eigenvalue weighted by molar-refractivity contribution is 0.837. The van der Waals surface area contributed by atoms with E-state index in [0.29, 0.717) is 0 Å². The maximum atomic E-state index is 6.39. The molecule has 0 aliphatic rings. The van der Waals surface area contributed by atoms with Crippen molar-refractivity contribution in [2.75, 3.05) is 5.75 Å². The van der Waals surface area contributed by atoms with E-state index in [9.17, 15) is 0 Å². The van der Waals surface area contributed by atoms with Gasteiger partial charge < -0.3 is 5.73 Å². The Morgan fingerprint density at radius 2 is 1.90 bits per heavy atom. The SMILES string of the molecule is Cc1cccc(SCC(N)c2cccc3cccnc23)c1. The van der Waals surface area contributed by atoms with Gasteiger partial charge in [0.1, 0.15) is 0 Å². The number of benzene rings is 2. The van der Waals surface area contributed by atoms with Gasteiger partial charge in [-0.15, -0.1) is 11.8 Å². The third-order valence-corrected chi connectivity index (χ3v) is 4.60. The third kappa shape index (κ3) is 3.26. The number of nitrogens with two attached hydrogens (primary N) is 1. The van der Waals surface area contributed by atoms with Crippen LogP contribution in [0.15, 0.2) is 65.7 Å².